The summed E-state index contributed by atoms with van der Waals surface area (Å²) in [5.74, 6) is 1.05. The number of hydrogen-bond donors (Lipinski definition) is 1. The van der Waals surface area contributed by atoms with Crippen LogP contribution >= 0.6 is 0 Å². The quantitative estimate of drug-likeness (QED) is 0.659. The summed E-state index contributed by atoms with van der Waals surface area (Å²) >= 11 is 0. The molecule has 0 heterocycles. The summed E-state index contributed by atoms with van der Waals surface area (Å²) in [7, 11) is 1.59. The zero-order chi connectivity index (χ0) is 15.8. The van der Waals surface area contributed by atoms with E-state index in [-0.39, 0.29) is 5.91 Å². The molecule has 0 radical (unpaired) electrons. The molecule has 114 valence electrons. The molecule has 5 heteroatoms. The van der Waals surface area contributed by atoms with E-state index in [1.54, 1.807) is 49.7 Å². The first-order chi connectivity index (χ1) is 10.7. The molecule has 2 aromatic rings. The van der Waals surface area contributed by atoms with Crippen molar-refractivity contribution in [1.29, 1.82) is 0 Å². The van der Waals surface area contributed by atoms with Gasteiger partial charge in [-0.1, -0.05) is 18.2 Å². The lowest BCUT2D eigenvalue weighted by atomic mass is 10.2. The van der Waals surface area contributed by atoms with Crippen molar-refractivity contribution in [1.82, 2.24) is 5.43 Å². The minimum atomic E-state index is -0.254. The third kappa shape index (κ3) is 4.09. The van der Waals surface area contributed by atoms with Crippen molar-refractivity contribution < 1.29 is 14.3 Å². The molecule has 0 aliphatic heterocycles. The van der Waals surface area contributed by atoms with Crippen molar-refractivity contribution in [3.63, 3.8) is 0 Å². The second-order valence-corrected chi connectivity index (χ2v) is 4.41. The number of carbonyl (C=O) groups excluding carboxylic acids is 1. The van der Waals surface area contributed by atoms with Gasteiger partial charge in [0.15, 0.2) is 11.5 Å². The van der Waals surface area contributed by atoms with Crippen LogP contribution in [0.2, 0.25) is 0 Å². The first-order valence-electron chi connectivity index (χ1n) is 6.94. The van der Waals surface area contributed by atoms with Crippen molar-refractivity contribution in [2.45, 2.75) is 6.92 Å². The van der Waals surface area contributed by atoms with Gasteiger partial charge in [-0.05, 0) is 42.8 Å². The number of carbonyl (C=O) groups is 1. The van der Waals surface area contributed by atoms with Gasteiger partial charge in [-0.2, -0.15) is 5.10 Å². The van der Waals surface area contributed by atoms with Crippen LogP contribution in [0.4, 0.5) is 0 Å². The van der Waals surface area contributed by atoms with E-state index >= 15 is 0 Å². The molecule has 0 aromatic heterocycles. The van der Waals surface area contributed by atoms with Gasteiger partial charge in [-0.3, -0.25) is 4.79 Å². The maximum Gasteiger partial charge on any atom is 0.271 e. The summed E-state index contributed by atoms with van der Waals surface area (Å²) in [5.41, 5.74) is 3.85. The Morgan fingerprint density at radius 3 is 2.64 bits per heavy atom. The number of amides is 1. The lowest BCUT2D eigenvalue weighted by Gasteiger charge is -2.09. The maximum absolute atomic E-state index is 11.8. The molecule has 0 aliphatic rings. The number of hydrazone groups is 1. The lowest BCUT2D eigenvalue weighted by molar-refractivity contribution is 0.0955. The Labute approximate surface area is 129 Å². The first-order valence-corrected chi connectivity index (χ1v) is 6.94. The van der Waals surface area contributed by atoms with Crippen LogP contribution in [-0.2, 0) is 0 Å². The summed E-state index contributed by atoms with van der Waals surface area (Å²) in [6.45, 7) is 2.45. The Morgan fingerprint density at radius 1 is 1.18 bits per heavy atom. The van der Waals surface area contributed by atoms with E-state index in [0.717, 1.165) is 5.56 Å². The fourth-order valence-corrected chi connectivity index (χ4v) is 1.86. The Hall–Kier alpha value is -2.82. The molecular formula is C17H18N2O3. The number of hydrogen-bond acceptors (Lipinski definition) is 4. The summed E-state index contributed by atoms with van der Waals surface area (Å²) in [5, 5.41) is 3.95. The molecule has 2 aromatic carbocycles. The van der Waals surface area contributed by atoms with Crippen LogP contribution in [-0.4, -0.2) is 25.8 Å². The van der Waals surface area contributed by atoms with Crippen molar-refractivity contribution in [2.75, 3.05) is 13.7 Å². The number of benzene rings is 2. The highest BCUT2D eigenvalue weighted by molar-refractivity contribution is 5.94. The van der Waals surface area contributed by atoms with Gasteiger partial charge >= 0.3 is 0 Å². The molecule has 0 unspecified atom stereocenters. The second-order valence-electron chi connectivity index (χ2n) is 4.41. The van der Waals surface area contributed by atoms with E-state index in [0.29, 0.717) is 23.7 Å². The van der Waals surface area contributed by atoms with Crippen LogP contribution in [0.5, 0.6) is 11.5 Å². The number of methoxy groups -OCH3 is 1. The van der Waals surface area contributed by atoms with Crippen LogP contribution in [0.3, 0.4) is 0 Å². The molecule has 1 N–H and O–H groups in total. The van der Waals surface area contributed by atoms with Gasteiger partial charge in [0.2, 0.25) is 0 Å². The van der Waals surface area contributed by atoms with Crippen LogP contribution in [0.25, 0.3) is 0 Å². The van der Waals surface area contributed by atoms with Gasteiger partial charge in [0, 0.05) is 5.56 Å². The fourth-order valence-electron chi connectivity index (χ4n) is 1.86. The van der Waals surface area contributed by atoms with Gasteiger partial charge in [0.1, 0.15) is 0 Å². The van der Waals surface area contributed by atoms with Gasteiger partial charge in [-0.25, -0.2) is 5.43 Å². The molecule has 0 fully saturated rings. The van der Waals surface area contributed by atoms with Gasteiger partial charge in [-0.15, -0.1) is 0 Å². The van der Waals surface area contributed by atoms with Crippen LogP contribution in [0, 0.1) is 0 Å². The molecule has 2 rings (SSSR count). The first kappa shape index (κ1) is 15.6. The van der Waals surface area contributed by atoms with E-state index < -0.39 is 0 Å². The van der Waals surface area contributed by atoms with E-state index in [9.17, 15) is 4.79 Å². The summed E-state index contributed by atoms with van der Waals surface area (Å²) in [6.07, 6.45) is 1.56. The smallest absolute Gasteiger partial charge is 0.271 e. The number of rotatable bonds is 6. The van der Waals surface area contributed by atoms with Crippen LogP contribution < -0.4 is 14.9 Å². The largest absolute Gasteiger partial charge is 0.493 e. The minimum absolute atomic E-state index is 0.254. The summed E-state index contributed by atoms with van der Waals surface area (Å²) in [6, 6.07) is 14.3. The molecule has 0 atom stereocenters. The molecule has 0 saturated heterocycles. The third-order valence-corrected chi connectivity index (χ3v) is 2.90. The molecule has 0 bridgehead atoms. The highest BCUT2D eigenvalue weighted by atomic mass is 16.5. The van der Waals surface area contributed by atoms with E-state index in [1.165, 1.54) is 0 Å². The van der Waals surface area contributed by atoms with E-state index in [4.69, 9.17) is 9.47 Å². The Bertz CT molecular complexity index is 654. The average molecular weight is 298 g/mol. The molecule has 5 nitrogen and oxygen atoms in total. The summed E-state index contributed by atoms with van der Waals surface area (Å²) in [4.78, 5) is 11.8. The van der Waals surface area contributed by atoms with Crippen molar-refractivity contribution >= 4 is 12.1 Å². The monoisotopic (exact) mass is 298 g/mol. The van der Waals surface area contributed by atoms with Crippen LogP contribution in [0.15, 0.2) is 53.6 Å². The van der Waals surface area contributed by atoms with Gasteiger partial charge in [0.25, 0.3) is 5.91 Å². The fraction of sp³-hybridized carbons (Fsp3) is 0.176. The van der Waals surface area contributed by atoms with E-state index in [1.807, 2.05) is 19.1 Å². The number of nitrogens with zero attached hydrogens (tertiary/aromatic N) is 1. The van der Waals surface area contributed by atoms with Gasteiger partial charge < -0.3 is 9.47 Å². The maximum atomic E-state index is 11.8. The average Bonchev–Trinajstić information content (AvgIpc) is 2.56. The predicted molar refractivity (Wildman–Crippen MR) is 85.7 cm³/mol. The number of nitrogens with one attached hydrogen (secondary N) is 1. The van der Waals surface area contributed by atoms with E-state index in [2.05, 4.69) is 10.5 Å². The Kier molecular flexibility index (Phi) is 5.54. The van der Waals surface area contributed by atoms with Crippen LogP contribution in [0.1, 0.15) is 22.8 Å². The zero-order valence-corrected chi connectivity index (χ0v) is 12.6. The van der Waals surface area contributed by atoms with Gasteiger partial charge in [0.05, 0.1) is 19.9 Å². The highest BCUT2D eigenvalue weighted by Crippen LogP contribution is 2.27. The second kappa shape index (κ2) is 7.83. The van der Waals surface area contributed by atoms with Crippen molar-refractivity contribution in [2.24, 2.45) is 5.10 Å². The standard InChI is InChI=1S/C17H18N2O3/c1-3-22-16-11-13(9-10-15(16)21-2)12-18-19-17(20)14-7-5-4-6-8-14/h4-12H,3H2,1-2H3,(H,19,20)/b18-12+. The Balaban J connectivity index is 2.04. The van der Waals surface area contributed by atoms with Crippen molar-refractivity contribution in [3.8, 4) is 11.5 Å². The number of ether oxygens (including phenoxy) is 2. The Morgan fingerprint density at radius 2 is 1.95 bits per heavy atom. The third-order valence-electron chi connectivity index (χ3n) is 2.90. The molecular weight excluding hydrogens is 280 g/mol. The molecule has 22 heavy (non-hydrogen) atoms. The molecule has 0 saturated carbocycles. The predicted octanol–water partition coefficient (Wildman–Crippen LogP) is 2.86. The molecule has 0 aliphatic carbocycles. The highest BCUT2D eigenvalue weighted by Gasteiger charge is 2.05. The summed E-state index contributed by atoms with van der Waals surface area (Å²) < 4.78 is 10.7. The molecule has 0 spiro atoms. The normalized spacial score (nSPS) is 10.5. The topological polar surface area (TPSA) is 59.9 Å². The minimum Gasteiger partial charge on any atom is -0.493 e. The zero-order valence-electron chi connectivity index (χ0n) is 12.6. The molecule has 1 amide bonds. The SMILES string of the molecule is CCOc1cc(/C=N/NC(=O)c2ccccc2)ccc1OC. The van der Waals surface area contributed by atoms with Crippen molar-refractivity contribution in [3.05, 3.63) is 59.7 Å². The lowest BCUT2D eigenvalue weighted by Crippen LogP contribution is -2.17.